The fourth-order valence-corrected chi connectivity index (χ4v) is 3.69. The Kier molecular flexibility index (Phi) is 4.29. The second-order valence-corrected chi connectivity index (χ2v) is 6.91. The van der Waals surface area contributed by atoms with Gasteiger partial charge >= 0.3 is 0 Å². The molecule has 0 bridgehead atoms. The van der Waals surface area contributed by atoms with Crippen molar-refractivity contribution >= 4 is 0 Å². The zero-order chi connectivity index (χ0) is 18.1. The van der Waals surface area contributed by atoms with Crippen molar-refractivity contribution < 1.29 is 14.4 Å². The molecule has 0 spiro atoms. The van der Waals surface area contributed by atoms with Crippen molar-refractivity contribution in [1.29, 1.82) is 0 Å². The van der Waals surface area contributed by atoms with E-state index in [9.17, 15) is 5.11 Å². The van der Waals surface area contributed by atoms with Crippen LogP contribution in [-0.4, -0.2) is 23.5 Å². The van der Waals surface area contributed by atoms with E-state index in [0.717, 1.165) is 46.7 Å². The Morgan fingerprint density at radius 1 is 1.08 bits per heavy atom. The summed E-state index contributed by atoms with van der Waals surface area (Å²) < 4.78 is 11.1. The van der Waals surface area contributed by atoms with Gasteiger partial charge in [-0.05, 0) is 49.1 Å². The number of aromatic nitrogens is 1. The standard InChI is InChI=1S/C22H23NO3/c1-3-18(24)22(13-14-22)21-19(15-7-5-4-6-8-15)20(23-26-21)16-9-11-17(25-2)12-10-16/h4-12,18,24H,3,13-14H2,1-2H3. The highest BCUT2D eigenvalue weighted by Gasteiger charge is 2.54. The summed E-state index contributed by atoms with van der Waals surface area (Å²) in [4.78, 5) is 0. The number of ether oxygens (including phenoxy) is 1. The van der Waals surface area contributed by atoms with E-state index >= 15 is 0 Å². The van der Waals surface area contributed by atoms with Crippen molar-refractivity contribution in [1.82, 2.24) is 5.16 Å². The number of methoxy groups -OCH3 is 1. The van der Waals surface area contributed by atoms with Gasteiger partial charge in [0.2, 0.25) is 0 Å². The molecule has 0 radical (unpaired) electrons. The van der Waals surface area contributed by atoms with Crippen LogP contribution in [0, 0.1) is 0 Å². The lowest BCUT2D eigenvalue weighted by Gasteiger charge is -2.19. The largest absolute Gasteiger partial charge is 0.497 e. The van der Waals surface area contributed by atoms with Gasteiger partial charge in [-0.25, -0.2) is 0 Å². The molecule has 1 saturated carbocycles. The minimum Gasteiger partial charge on any atom is -0.497 e. The van der Waals surface area contributed by atoms with Gasteiger partial charge in [-0.1, -0.05) is 42.4 Å². The van der Waals surface area contributed by atoms with Crippen molar-refractivity contribution in [2.45, 2.75) is 37.7 Å². The van der Waals surface area contributed by atoms with Gasteiger partial charge in [0, 0.05) is 5.56 Å². The van der Waals surface area contributed by atoms with E-state index in [0.29, 0.717) is 6.42 Å². The summed E-state index contributed by atoms with van der Waals surface area (Å²) in [6.45, 7) is 2.01. The maximum Gasteiger partial charge on any atom is 0.153 e. The van der Waals surface area contributed by atoms with Crippen LogP contribution >= 0.6 is 0 Å². The van der Waals surface area contributed by atoms with Gasteiger partial charge in [0.15, 0.2) is 5.76 Å². The molecule has 1 fully saturated rings. The molecule has 134 valence electrons. The van der Waals surface area contributed by atoms with E-state index in [2.05, 4.69) is 17.3 Å². The third kappa shape index (κ3) is 2.71. The molecular formula is C22H23NO3. The molecule has 1 aromatic heterocycles. The molecule has 1 aliphatic rings. The average Bonchev–Trinajstić information content (AvgIpc) is 3.39. The summed E-state index contributed by atoms with van der Waals surface area (Å²) in [5.74, 6) is 1.61. The molecule has 3 aromatic rings. The molecule has 1 atom stereocenters. The number of benzene rings is 2. The van der Waals surface area contributed by atoms with Gasteiger partial charge < -0.3 is 14.4 Å². The summed E-state index contributed by atoms with van der Waals surface area (Å²) >= 11 is 0. The third-order valence-electron chi connectivity index (χ3n) is 5.38. The fraction of sp³-hybridized carbons (Fsp3) is 0.318. The first-order valence-electron chi connectivity index (χ1n) is 9.07. The molecule has 4 nitrogen and oxygen atoms in total. The normalized spacial score (nSPS) is 16.3. The second kappa shape index (κ2) is 6.61. The number of nitrogens with zero attached hydrogens (tertiary/aromatic N) is 1. The van der Waals surface area contributed by atoms with Crippen molar-refractivity contribution in [2.24, 2.45) is 0 Å². The Bertz CT molecular complexity index is 880. The molecule has 1 aliphatic carbocycles. The van der Waals surface area contributed by atoms with Crippen LogP contribution in [0.2, 0.25) is 0 Å². The zero-order valence-electron chi connectivity index (χ0n) is 15.1. The monoisotopic (exact) mass is 349 g/mol. The Balaban J connectivity index is 1.88. The molecule has 26 heavy (non-hydrogen) atoms. The molecule has 2 aromatic carbocycles. The van der Waals surface area contributed by atoms with Crippen LogP contribution in [0.15, 0.2) is 59.1 Å². The van der Waals surface area contributed by atoms with Crippen LogP contribution < -0.4 is 4.74 Å². The van der Waals surface area contributed by atoms with Crippen LogP contribution in [0.3, 0.4) is 0 Å². The van der Waals surface area contributed by atoms with E-state index in [4.69, 9.17) is 9.26 Å². The van der Waals surface area contributed by atoms with Crippen molar-refractivity contribution in [3.63, 3.8) is 0 Å². The predicted molar refractivity (Wildman–Crippen MR) is 101 cm³/mol. The van der Waals surface area contributed by atoms with Gasteiger partial charge in [-0.15, -0.1) is 0 Å². The summed E-state index contributed by atoms with van der Waals surface area (Å²) in [5.41, 5.74) is 3.52. The van der Waals surface area contributed by atoms with Crippen LogP contribution in [0.25, 0.3) is 22.4 Å². The molecular weight excluding hydrogens is 326 g/mol. The third-order valence-corrected chi connectivity index (χ3v) is 5.38. The molecule has 0 aliphatic heterocycles. The van der Waals surface area contributed by atoms with Crippen LogP contribution in [0.5, 0.6) is 5.75 Å². The van der Waals surface area contributed by atoms with E-state index in [1.165, 1.54) is 0 Å². The summed E-state index contributed by atoms with van der Waals surface area (Å²) in [6, 6.07) is 18.0. The van der Waals surface area contributed by atoms with E-state index < -0.39 is 6.10 Å². The minimum atomic E-state index is -0.415. The fourth-order valence-electron chi connectivity index (χ4n) is 3.69. The van der Waals surface area contributed by atoms with Crippen molar-refractivity contribution in [3.05, 3.63) is 60.4 Å². The summed E-state index contributed by atoms with van der Waals surface area (Å²) in [5, 5.41) is 15.0. The lowest BCUT2D eigenvalue weighted by Crippen LogP contribution is -2.25. The lowest BCUT2D eigenvalue weighted by molar-refractivity contribution is 0.113. The lowest BCUT2D eigenvalue weighted by atomic mass is 9.87. The highest BCUT2D eigenvalue weighted by Crippen LogP contribution is 2.56. The smallest absolute Gasteiger partial charge is 0.153 e. The number of hydrogen-bond donors (Lipinski definition) is 1. The molecule has 4 heteroatoms. The van der Waals surface area contributed by atoms with E-state index in [1.807, 2.05) is 49.4 Å². The Morgan fingerprint density at radius 2 is 1.77 bits per heavy atom. The zero-order valence-corrected chi connectivity index (χ0v) is 15.1. The van der Waals surface area contributed by atoms with Crippen LogP contribution in [0.4, 0.5) is 0 Å². The van der Waals surface area contributed by atoms with Crippen LogP contribution in [0.1, 0.15) is 31.9 Å². The molecule has 4 rings (SSSR count). The molecule has 1 N–H and O–H groups in total. The first kappa shape index (κ1) is 16.9. The number of hydrogen-bond acceptors (Lipinski definition) is 4. The molecule has 0 saturated heterocycles. The van der Waals surface area contributed by atoms with Crippen molar-refractivity contribution in [3.8, 4) is 28.1 Å². The summed E-state index contributed by atoms with van der Waals surface area (Å²) in [6.07, 6.45) is 2.15. The number of aliphatic hydroxyl groups excluding tert-OH is 1. The average molecular weight is 349 g/mol. The first-order chi connectivity index (χ1) is 12.7. The highest BCUT2D eigenvalue weighted by molar-refractivity contribution is 5.83. The minimum absolute atomic E-state index is 0.308. The predicted octanol–water partition coefficient (Wildman–Crippen LogP) is 4.82. The molecule has 0 amide bonds. The SMILES string of the molecule is CCC(O)C1(c2onc(-c3ccc(OC)cc3)c2-c2ccccc2)CC1. The Hall–Kier alpha value is -2.59. The quantitative estimate of drug-likeness (QED) is 0.693. The van der Waals surface area contributed by atoms with Crippen LogP contribution in [-0.2, 0) is 5.41 Å². The Morgan fingerprint density at radius 3 is 2.35 bits per heavy atom. The molecule has 1 heterocycles. The summed E-state index contributed by atoms with van der Waals surface area (Å²) in [7, 11) is 1.65. The van der Waals surface area contributed by atoms with Crippen molar-refractivity contribution in [2.75, 3.05) is 7.11 Å². The molecule has 1 unspecified atom stereocenters. The van der Waals surface area contributed by atoms with E-state index in [-0.39, 0.29) is 5.41 Å². The van der Waals surface area contributed by atoms with E-state index in [1.54, 1.807) is 7.11 Å². The number of aliphatic hydroxyl groups is 1. The maximum absolute atomic E-state index is 10.6. The van der Waals surface area contributed by atoms with Gasteiger partial charge in [-0.3, -0.25) is 0 Å². The number of rotatable bonds is 6. The highest BCUT2D eigenvalue weighted by atomic mass is 16.5. The van der Waals surface area contributed by atoms with Gasteiger partial charge in [0.05, 0.1) is 24.2 Å². The van der Waals surface area contributed by atoms with Gasteiger partial charge in [-0.2, -0.15) is 0 Å². The maximum atomic E-state index is 10.6. The Labute approximate surface area is 153 Å². The van der Waals surface area contributed by atoms with Gasteiger partial charge in [0.25, 0.3) is 0 Å². The second-order valence-electron chi connectivity index (χ2n) is 6.91. The first-order valence-corrected chi connectivity index (χ1v) is 9.07. The van der Waals surface area contributed by atoms with Gasteiger partial charge in [0.1, 0.15) is 11.4 Å². The topological polar surface area (TPSA) is 55.5 Å².